The molecule has 1 aromatic heterocycles. The molecule has 0 saturated heterocycles. The summed E-state index contributed by atoms with van der Waals surface area (Å²) in [6.45, 7) is 17.9. The molecule has 5 nitrogen and oxygen atoms in total. The third-order valence-corrected chi connectivity index (χ3v) is 12.7. The first kappa shape index (κ1) is 26.5. The highest BCUT2D eigenvalue weighted by molar-refractivity contribution is 7.09. The van der Waals surface area contributed by atoms with Crippen molar-refractivity contribution in [1.29, 1.82) is 0 Å². The van der Waals surface area contributed by atoms with Gasteiger partial charge in [-0.3, -0.25) is 4.79 Å². The molecule has 1 aromatic rings. The number of carbonyl (C=O) groups excluding carboxylic acids is 1. The van der Waals surface area contributed by atoms with E-state index in [2.05, 4.69) is 60.0 Å². The molecule has 1 heterocycles. The second kappa shape index (κ2) is 10.4. The van der Waals surface area contributed by atoms with Crippen molar-refractivity contribution in [2.45, 2.75) is 116 Å². The van der Waals surface area contributed by atoms with E-state index in [4.69, 9.17) is 15.1 Å². The van der Waals surface area contributed by atoms with E-state index in [9.17, 15) is 4.79 Å². The molecule has 0 aromatic carbocycles. The van der Waals surface area contributed by atoms with Crippen LogP contribution in [0.5, 0.6) is 0 Å². The molecule has 31 heavy (non-hydrogen) atoms. The molecule has 1 unspecified atom stereocenters. The second-order valence-electron chi connectivity index (χ2n) is 11.2. The summed E-state index contributed by atoms with van der Waals surface area (Å²) in [4.78, 5) is 17.7. The van der Waals surface area contributed by atoms with Gasteiger partial charge in [-0.2, -0.15) is 0 Å². The Hall–Kier alpha value is -0.763. The van der Waals surface area contributed by atoms with Gasteiger partial charge in [-0.15, -0.1) is 11.3 Å². The first-order valence-electron chi connectivity index (χ1n) is 12.0. The van der Waals surface area contributed by atoms with E-state index < -0.39 is 20.0 Å². The van der Waals surface area contributed by atoms with E-state index in [1.54, 1.807) is 11.3 Å². The monoisotopic (exact) mass is 467 g/mol. The highest BCUT2D eigenvalue weighted by Gasteiger charge is 2.52. The Morgan fingerprint density at radius 3 is 2.48 bits per heavy atom. The fourth-order valence-electron chi connectivity index (χ4n) is 4.57. The van der Waals surface area contributed by atoms with E-state index in [1.807, 2.05) is 11.6 Å². The van der Waals surface area contributed by atoms with Crippen molar-refractivity contribution in [2.24, 2.45) is 17.6 Å². The zero-order valence-electron chi connectivity index (χ0n) is 21.0. The molecule has 0 radical (unpaired) electrons. The highest BCUT2D eigenvalue weighted by Crippen LogP contribution is 2.50. The molecule has 1 fully saturated rings. The minimum atomic E-state index is -2.09. The summed E-state index contributed by atoms with van der Waals surface area (Å²) in [6.07, 6.45) is 7.72. The van der Waals surface area contributed by atoms with Crippen LogP contribution in [0.15, 0.2) is 11.6 Å². The molecule has 1 aliphatic rings. The zero-order chi connectivity index (χ0) is 23.4. The molecule has 1 saturated carbocycles. The topological polar surface area (TPSA) is 77.2 Å². The second-order valence-corrected chi connectivity index (χ2v) is 16.8. The maximum absolute atomic E-state index is 13.0. The molecule has 0 spiro atoms. The minimum absolute atomic E-state index is 0.0259. The Labute approximate surface area is 195 Å². The third-order valence-electron chi connectivity index (χ3n) is 7.32. The molecule has 0 bridgehead atoms. The number of nitrogens with one attached hydrogen (secondary N) is 1. The van der Waals surface area contributed by atoms with E-state index >= 15 is 0 Å². The number of hydrogen-bond donors (Lipinski definition) is 2. The number of rotatable bonds is 9. The van der Waals surface area contributed by atoms with Crippen LogP contribution in [0.4, 0.5) is 0 Å². The zero-order valence-corrected chi connectivity index (χ0v) is 22.8. The van der Waals surface area contributed by atoms with E-state index in [0.29, 0.717) is 12.3 Å². The van der Waals surface area contributed by atoms with Gasteiger partial charge >= 0.3 is 0 Å². The summed E-state index contributed by atoms with van der Waals surface area (Å²) < 4.78 is 7.26. The van der Waals surface area contributed by atoms with Crippen molar-refractivity contribution in [3.8, 4) is 0 Å². The molecular weight excluding hydrogens is 422 g/mol. The lowest BCUT2D eigenvalue weighted by Gasteiger charge is -2.51. The van der Waals surface area contributed by atoms with Crippen molar-refractivity contribution in [3.63, 3.8) is 0 Å². The number of thiazole rings is 1. The van der Waals surface area contributed by atoms with Gasteiger partial charge in [0.15, 0.2) is 8.32 Å². The summed E-state index contributed by atoms with van der Waals surface area (Å²) in [5, 5.41) is 6.54. The van der Waals surface area contributed by atoms with Gasteiger partial charge in [0.2, 0.25) is 5.91 Å². The highest BCUT2D eigenvalue weighted by atomic mass is 32.1. The van der Waals surface area contributed by atoms with Gasteiger partial charge in [0.1, 0.15) is 10.6 Å². The number of hydrogen-bond acceptors (Lipinski definition) is 5. The lowest BCUT2D eigenvalue weighted by atomic mass is 9.72. The summed E-state index contributed by atoms with van der Waals surface area (Å²) in [7, 11) is -2.09. The number of carbonyl (C=O) groups is 1. The standard InChI is InChI=1S/C24H45N3O2SSi/c1-9-24(22-26-14-15-30-22,29-31(7,8)23(4,5)6)18-12-10-11-13-20(18)27-21(28)19(25)16-17(2)3/h14-15,17-20H,9-13,16,25H2,1-8H3,(H,27,28)/t18-,19-,20?,24+/m0/s1. The van der Waals surface area contributed by atoms with Gasteiger partial charge in [-0.05, 0) is 49.7 Å². The molecule has 0 aliphatic heterocycles. The quantitative estimate of drug-likeness (QED) is 0.449. The van der Waals surface area contributed by atoms with Crippen molar-refractivity contribution in [2.75, 3.05) is 0 Å². The van der Waals surface area contributed by atoms with Crippen LogP contribution in [0, 0.1) is 11.8 Å². The third kappa shape index (κ3) is 6.18. The SMILES string of the molecule is CC[C@](O[Si](C)(C)C(C)(C)C)(c1nccs1)[C@H]1CCCCC1NC(=O)[C@@H](N)CC(C)C. The number of nitrogens with two attached hydrogens (primary N) is 1. The molecule has 2 rings (SSSR count). The molecule has 7 heteroatoms. The number of amides is 1. The maximum Gasteiger partial charge on any atom is 0.237 e. The van der Waals surface area contributed by atoms with Gasteiger partial charge in [0, 0.05) is 23.5 Å². The van der Waals surface area contributed by atoms with Gasteiger partial charge in [0.05, 0.1) is 6.04 Å². The van der Waals surface area contributed by atoms with Crippen LogP contribution in [0.2, 0.25) is 18.1 Å². The fourth-order valence-corrected chi connectivity index (χ4v) is 7.16. The lowest BCUT2D eigenvalue weighted by Crippen LogP contribution is -2.58. The first-order chi connectivity index (χ1) is 14.3. The van der Waals surface area contributed by atoms with E-state index in [-0.39, 0.29) is 22.9 Å². The van der Waals surface area contributed by atoms with Crippen molar-refractivity contribution >= 4 is 25.6 Å². The Balaban J connectivity index is 2.42. The van der Waals surface area contributed by atoms with Crippen LogP contribution in [-0.2, 0) is 14.8 Å². The van der Waals surface area contributed by atoms with E-state index in [0.717, 1.165) is 37.1 Å². The minimum Gasteiger partial charge on any atom is -0.405 e. The average molecular weight is 468 g/mol. The fraction of sp³-hybridized carbons (Fsp3) is 0.833. The molecule has 178 valence electrons. The Bertz CT molecular complexity index is 702. The summed E-state index contributed by atoms with van der Waals surface area (Å²) in [6, 6.07) is -0.396. The van der Waals surface area contributed by atoms with Crippen molar-refractivity contribution in [3.05, 3.63) is 16.6 Å². The Morgan fingerprint density at radius 2 is 1.97 bits per heavy atom. The van der Waals surface area contributed by atoms with Crippen molar-refractivity contribution in [1.82, 2.24) is 10.3 Å². The van der Waals surface area contributed by atoms with Gasteiger partial charge < -0.3 is 15.5 Å². The number of nitrogens with zero attached hydrogens (tertiary/aromatic N) is 1. The van der Waals surface area contributed by atoms with Crippen LogP contribution in [0.3, 0.4) is 0 Å². The van der Waals surface area contributed by atoms with Crippen LogP contribution in [0.25, 0.3) is 0 Å². The molecule has 4 atom stereocenters. The Morgan fingerprint density at radius 1 is 1.32 bits per heavy atom. The molecule has 3 N–H and O–H groups in total. The largest absolute Gasteiger partial charge is 0.405 e. The van der Waals surface area contributed by atoms with Gasteiger partial charge in [0.25, 0.3) is 0 Å². The molecule has 1 aliphatic carbocycles. The van der Waals surface area contributed by atoms with Crippen LogP contribution in [-0.4, -0.2) is 31.3 Å². The lowest BCUT2D eigenvalue weighted by molar-refractivity contribution is -0.125. The molecule has 1 amide bonds. The summed E-state index contributed by atoms with van der Waals surface area (Å²) in [5.41, 5.74) is 5.75. The summed E-state index contributed by atoms with van der Waals surface area (Å²) >= 11 is 1.68. The predicted molar refractivity (Wildman–Crippen MR) is 134 cm³/mol. The average Bonchev–Trinajstić information content (AvgIpc) is 3.20. The maximum atomic E-state index is 13.0. The molecular formula is C24H45N3O2SSi. The summed E-state index contributed by atoms with van der Waals surface area (Å²) in [5.74, 6) is 0.568. The smallest absolute Gasteiger partial charge is 0.237 e. The Kier molecular flexibility index (Phi) is 8.93. The normalized spacial score (nSPS) is 23.4. The predicted octanol–water partition coefficient (Wildman–Crippen LogP) is 5.82. The van der Waals surface area contributed by atoms with Gasteiger partial charge in [-0.1, -0.05) is 54.4 Å². The number of aromatic nitrogens is 1. The van der Waals surface area contributed by atoms with Crippen molar-refractivity contribution < 1.29 is 9.22 Å². The van der Waals surface area contributed by atoms with Gasteiger partial charge in [-0.25, -0.2) is 4.98 Å². The van der Waals surface area contributed by atoms with Crippen LogP contribution in [0.1, 0.15) is 85.1 Å². The van der Waals surface area contributed by atoms with Crippen LogP contribution >= 0.6 is 11.3 Å². The first-order valence-corrected chi connectivity index (χ1v) is 15.8. The van der Waals surface area contributed by atoms with E-state index in [1.165, 1.54) is 0 Å². The van der Waals surface area contributed by atoms with Crippen LogP contribution < -0.4 is 11.1 Å².